The van der Waals surface area contributed by atoms with Gasteiger partial charge in [0.1, 0.15) is 5.83 Å². The number of hydrogen-bond donors (Lipinski definition) is 0. The maximum atomic E-state index is 12.5. The van der Waals surface area contributed by atoms with Gasteiger partial charge < -0.3 is 0 Å². The zero-order valence-electron chi connectivity index (χ0n) is 6.12. The van der Waals surface area contributed by atoms with Crippen LogP contribution >= 0.6 is 0 Å². The predicted molar refractivity (Wildman–Crippen MR) is 38.9 cm³/mol. The molecule has 0 unspecified atom stereocenters. The first-order chi connectivity index (χ1) is 4.57. The van der Waals surface area contributed by atoms with Crippen LogP contribution in [0.3, 0.4) is 0 Å². The summed E-state index contributed by atoms with van der Waals surface area (Å²) in [6.45, 7) is 6.45. The Morgan fingerprint density at radius 1 is 1.40 bits per heavy atom. The lowest BCUT2D eigenvalue weighted by Crippen LogP contribution is -1.75. The van der Waals surface area contributed by atoms with Gasteiger partial charge in [0, 0.05) is 5.57 Å². The quantitative estimate of drug-likeness (QED) is 0.521. The smallest absolute Gasteiger partial charge is 0.128 e. The van der Waals surface area contributed by atoms with E-state index >= 15 is 0 Å². The third kappa shape index (κ3) is 3.17. The molecule has 0 rings (SSSR count). The molecule has 10 heavy (non-hydrogen) atoms. The molecule has 0 amide bonds. The minimum atomic E-state index is -0.574. The maximum Gasteiger partial charge on any atom is 0.128 e. The van der Waals surface area contributed by atoms with Gasteiger partial charge in [-0.25, -0.2) is 8.78 Å². The molecule has 0 saturated heterocycles. The summed E-state index contributed by atoms with van der Waals surface area (Å²) in [4.78, 5) is 0. The van der Waals surface area contributed by atoms with Crippen molar-refractivity contribution in [1.82, 2.24) is 0 Å². The second kappa shape index (κ2) is 3.99. The molecule has 0 heterocycles. The predicted octanol–water partition coefficient (Wildman–Crippen LogP) is 3.29. The summed E-state index contributed by atoms with van der Waals surface area (Å²) in [5.74, 6) is -0.574. The third-order valence-electron chi connectivity index (χ3n) is 0.914. The van der Waals surface area contributed by atoms with E-state index < -0.39 is 5.83 Å². The Morgan fingerprint density at radius 3 is 2.20 bits per heavy atom. The average molecular weight is 144 g/mol. The van der Waals surface area contributed by atoms with Crippen LogP contribution < -0.4 is 0 Å². The van der Waals surface area contributed by atoms with Gasteiger partial charge in [-0.3, -0.25) is 0 Å². The van der Waals surface area contributed by atoms with Crippen LogP contribution in [-0.4, -0.2) is 0 Å². The lowest BCUT2D eigenvalue weighted by Gasteiger charge is -1.92. The fourth-order valence-electron chi connectivity index (χ4n) is 0.382. The van der Waals surface area contributed by atoms with Crippen LogP contribution in [0.15, 0.2) is 36.0 Å². The molecule has 0 N–H and O–H groups in total. The second-order valence-electron chi connectivity index (χ2n) is 2.13. The Balaban J connectivity index is 4.35. The van der Waals surface area contributed by atoms with Gasteiger partial charge in [0.15, 0.2) is 0 Å². The highest BCUT2D eigenvalue weighted by molar-refractivity contribution is 5.28. The van der Waals surface area contributed by atoms with Crippen molar-refractivity contribution in [2.24, 2.45) is 0 Å². The van der Waals surface area contributed by atoms with Crippen molar-refractivity contribution in [3.05, 3.63) is 36.0 Å². The third-order valence-corrected chi connectivity index (χ3v) is 0.914. The van der Waals surface area contributed by atoms with Crippen LogP contribution in [0.1, 0.15) is 13.8 Å². The number of allylic oxidation sites excluding steroid dienone is 4. The summed E-state index contributed by atoms with van der Waals surface area (Å²) in [5, 5.41) is 0. The summed E-state index contributed by atoms with van der Waals surface area (Å²) < 4.78 is 24.2. The molecule has 0 aromatic rings. The van der Waals surface area contributed by atoms with E-state index in [1.54, 1.807) is 6.92 Å². The lowest BCUT2D eigenvalue weighted by atomic mass is 10.2. The normalized spacial score (nSPS) is 13.6. The fourth-order valence-corrected chi connectivity index (χ4v) is 0.382. The van der Waals surface area contributed by atoms with Crippen molar-refractivity contribution in [2.75, 3.05) is 0 Å². The molecule has 0 aliphatic carbocycles. The lowest BCUT2D eigenvalue weighted by molar-refractivity contribution is 0.631. The molecule has 2 heteroatoms. The Labute approximate surface area is 59.6 Å². The Morgan fingerprint density at radius 2 is 1.90 bits per heavy atom. The highest BCUT2D eigenvalue weighted by Crippen LogP contribution is 2.12. The topological polar surface area (TPSA) is 0 Å². The molecule has 0 spiro atoms. The van der Waals surface area contributed by atoms with E-state index in [2.05, 4.69) is 6.58 Å². The number of halogens is 2. The molecule has 0 bridgehead atoms. The Kier molecular flexibility index (Phi) is 3.62. The first-order valence-electron chi connectivity index (χ1n) is 2.88. The van der Waals surface area contributed by atoms with E-state index in [-0.39, 0.29) is 11.9 Å². The zero-order chi connectivity index (χ0) is 8.15. The van der Waals surface area contributed by atoms with Crippen molar-refractivity contribution in [3.8, 4) is 0 Å². The molecule has 0 nitrogen and oxygen atoms in total. The van der Waals surface area contributed by atoms with E-state index in [1.807, 2.05) is 0 Å². The van der Waals surface area contributed by atoms with E-state index in [0.29, 0.717) is 5.57 Å². The first kappa shape index (κ1) is 9.08. The standard InChI is InChI=1S/C8H10F2/c1-6(2)4-8(10)7(3)5-9/h4-5H,1H2,2-3H3/b7-5+,8-4+. The highest BCUT2D eigenvalue weighted by atomic mass is 19.1. The molecule has 0 aromatic heterocycles. The van der Waals surface area contributed by atoms with Crippen molar-refractivity contribution in [2.45, 2.75) is 13.8 Å². The molecule has 56 valence electrons. The van der Waals surface area contributed by atoms with Gasteiger partial charge in [-0.05, 0) is 19.9 Å². The van der Waals surface area contributed by atoms with Crippen LogP contribution in [0.25, 0.3) is 0 Å². The van der Waals surface area contributed by atoms with E-state index in [0.717, 1.165) is 0 Å². The zero-order valence-corrected chi connectivity index (χ0v) is 6.12. The largest absolute Gasteiger partial charge is 0.215 e. The van der Waals surface area contributed by atoms with Gasteiger partial charge in [-0.2, -0.15) is 0 Å². The van der Waals surface area contributed by atoms with Crippen LogP contribution in [0.5, 0.6) is 0 Å². The SMILES string of the molecule is C=C(C)/C=C(F)\C(C)=C\F. The van der Waals surface area contributed by atoms with Crippen LogP contribution in [0, 0.1) is 0 Å². The minimum Gasteiger partial charge on any atom is -0.215 e. The van der Waals surface area contributed by atoms with Crippen molar-refractivity contribution in [3.63, 3.8) is 0 Å². The molecule has 0 saturated carbocycles. The molecule has 0 radical (unpaired) electrons. The van der Waals surface area contributed by atoms with Gasteiger partial charge in [0.25, 0.3) is 0 Å². The molecule has 0 aliphatic rings. The molecule has 0 aliphatic heterocycles. The van der Waals surface area contributed by atoms with Gasteiger partial charge in [0.2, 0.25) is 0 Å². The maximum absolute atomic E-state index is 12.5. The van der Waals surface area contributed by atoms with Crippen molar-refractivity contribution < 1.29 is 8.78 Å². The molecule has 0 aromatic carbocycles. The summed E-state index contributed by atoms with van der Waals surface area (Å²) in [6, 6.07) is 0. The monoisotopic (exact) mass is 144 g/mol. The van der Waals surface area contributed by atoms with E-state index in [9.17, 15) is 8.78 Å². The van der Waals surface area contributed by atoms with Gasteiger partial charge in [-0.15, -0.1) is 0 Å². The van der Waals surface area contributed by atoms with Crippen molar-refractivity contribution in [1.29, 1.82) is 0 Å². The minimum absolute atomic E-state index is 0.0111. The van der Waals surface area contributed by atoms with Crippen LogP contribution in [0.2, 0.25) is 0 Å². The summed E-state index contributed by atoms with van der Waals surface area (Å²) in [5.41, 5.74) is 0.557. The van der Waals surface area contributed by atoms with Crippen LogP contribution in [0.4, 0.5) is 8.78 Å². The Hall–Kier alpha value is -0.920. The number of hydrogen-bond acceptors (Lipinski definition) is 0. The van der Waals surface area contributed by atoms with Gasteiger partial charge in [0.05, 0.1) is 6.33 Å². The first-order valence-corrected chi connectivity index (χ1v) is 2.88. The van der Waals surface area contributed by atoms with Crippen LogP contribution in [-0.2, 0) is 0 Å². The highest BCUT2D eigenvalue weighted by Gasteiger charge is 1.95. The fraction of sp³-hybridized carbons (Fsp3) is 0.250. The molecule has 0 atom stereocenters. The molecular weight excluding hydrogens is 134 g/mol. The van der Waals surface area contributed by atoms with E-state index in [4.69, 9.17) is 0 Å². The summed E-state index contributed by atoms with van der Waals surface area (Å²) >= 11 is 0. The second-order valence-corrected chi connectivity index (χ2v) is 2.13. The Bertz CT molecular complexity index is 187. The summed E-state index contributed by atoms with van der Waals surface area (Å²) in [6.07, 6.45) is 1.42. The summed E-state index contributed by atoms with van der Waals surface area (Å²) in [7, 11) is 0. The van der Waals surface area contributed by atoms with Crippen molar-refractivity contribution >= 4 is 0 Å². The number of rotatable bonds is 2. The van der Waals surface area contributed by atoms with E-state index in [1.165, 1.54) is 13.0 Å². The van der Waals surface area contributed by atoms with Gasteiger partial charge >= 0.3 is 0 Å². The van der Waals surface area contributed by atoms with Gasteiger partial charge in [-0.1, -0.05) is 12.2 Å². The molecular formula is C8H10F2. The average Bonchev–Trinajstić information content (AvgIpc) is 1.85. The molecule has 0 fully saturated rings.